The minimum absolute atomic E-state index is 0.216. The summed E-state index contributed by atoms with van der Waals surface area (Å²) in [4.78, 5) is 23.3. The largest absolute Gasteiger partial charge is 0.478 e. The molecular weight excluding hydrogens is 266 g/mol. The van der Waals surface area contributed by atoms with E-state index in [1.807, 2.05) is 17.5 Å². The van der Waals surface area contributed by atoms with E-state index in [9.17, 15) is 9.59 Å². The van der Waals surface area contributed by atoms with E-state index in [2.05, 4.69) is 5.32 Å². The van der Waals surface area contributed by atoms with E-state index in [0.29, 0.717) is 12.2 Å². The van der Waals surface area contributed by atoms with Gasteiger partial charge in [-0.25, -0.2) is 9.59 Å². The van der Waals surface area contributed by atoms with E-state index in [1.54, 1.807) is 17.4 Å². The summed E-state index contributed by atoms with van der Waals surface area (Å²) in [5, 5.41) is 23.0. The topological polar surface area (TPSA) is 86.6 Å². The van der Waals surface area contributed by atoms with Crippen LogP contribution in [0.4, 0.5) is 5.69 Å². The van der Waals surface area contributed by atoms with Gasteiger partial charge in [0.05, 0.1) is 11.1 Å². The molecule has 0 aliphatic heterocycles. The van der Waals surface area contributed by atoms with Crippen LogP contribution in [0.5, 0.6) is 0 Å². The molecule has 2 rings (SSSR count). The van der Waals surface area contributed by atoms with E-state index < -0.39 is 11.9 Å². The highest BCUT2D eigenvalue weighted by Crippen LogP contribution is 2.22. The van der Waals surface area contributed by atoms with Crippen molar-refractivity contribution in [2.45, 2.75) is 6.54 Å². The third-order valence-electron chi connectivity index (χ3n) is 2.54. The highest BCUT2D eigenvalue weighted by Gasteiger charge is 2.19. The van der Waals surface area contributed by atoms with Gasteiger partial charge in [-0.1, -0.05) is 12.1 Å². The van der Waals surface area contributed by atoms with Gasteiger partial charge in [0, 0.05) is 17.1 Å². The lowest BCUT2D eigenvalue weighted by Crippen LogP contribution is -2.12. The zero-order chi connectivity index (χ0) is 13.8. The molecule has 6 heteroatoms. The van der Waals surface area contributed by atoms with Crippen LogP contribution in [0.3, 0.4) is 0 Å². The molecule has 1 heterocycles. The number of hydrogen-bond acceptors (Lipinski definition) is 4. The Kier molecular flexibility index (Phi) is 3.82. The maximum absolute atomic E-state index is 11.2. The van der Waals surface area contributed by atoms with Crippen molar-refractivity contribution in [2.24, 2.45) is 0 Å². The molecule has 0 saturated carbocycles. The van der Waals surface area contributed by atoms with Gasteiger partial charge in [0.15, 0.2) is 0 Å². The van der Waals surface area contributed by atoms with Crippen LogP contribution < -0.4 is 5.32 Å². The summed E-state index contributed by atoms with van der Waals surface area (Å²) in [6, 6.07) is 8.17. The molecule has 2 aromatic rings. The molecule has 0 aliphatic carbocycles. The van der Waals surface area contributed by atoms with Crippen LogP contribution in [0, 0.1) is 0 Å². The number of aromatic carboxylic acids is 2. The van der Waals surface area contributed by atoms with E-state index in [-0.39, 0.29) is 11.1 Å². The van der Waals surface area contributed by atoms with Crippen molar-refractivity contribution >= 4 is 29.0 Å². The molecule has 5 nitrogen and oxygen atoms in total. The summed E-state index contributed by atoms with van der Waals surface area (Å²) in [7, 11) is 0. The molecule has 1 aromatic carbocycles. The first-order valence-corrected chi connectivity index (χ1v) is 6.33. The Bertz CT molecular complexity index is 607. The summed E-state index contributed by atoms with van der Waals surface area (Å²) in [6.45, 7) is 0.459. The highest BCUT2D eigenvalue weighted by atomic mass is 32.1. The summed E-state index contributed by atoms with van der Waals surface area (Å²) < 4.78 is 0. The molecule has 98 valence electrons. The number of rotatable bonds is 5. The Morgan fingerprint density at radius 3 is 2.47 bits per heavy atom. The average Bonchev–Trinajstić information content (AvgIpc) is 2.88. The van der Waals surface area contributed by atoms with Gasteiger partial charge in [0.25, 0.3) is 0 Å². The first kappa shape index (κ1) is 13.1. The highest BCUT2D eigenvalue weighted by molar-refractivity contribution is 7.09. The summed E-state index contributed by atoms with van der Waals surface area (Å²) >= 11 is 1.54. The lowest BCUT2D eigenvalue weighted by atomic mass is 10.1. The molecule has 0 fully saturated rings. The molecule has 0 saturated heterocycles. The van der Waals surface area contributed by atoms with Crippen LogP contribution in [0.2, 0.25) is 0 Å². The average molecular weight is 277 g/mol. The van der Waals surface area contributed by atoms with E-state index >= 15 is 0 Å². The van der Waals surface area contributed by atoms with Crippen LogP contribution in [0.1, 0.15) is 25.6 Å². The Morgan fingerprint density at radius 2 is 1.89 bits per heavy atom. The van der Waals surface area contributed by atoms with Crippen molar-refractivity contribution in [3.05, 3.63) is 51.7 Å². The summed E-state index contributed by atoms with van der Waals surface area (Å²) in [6.07, 6.45) is 0. The molecule has 0 spiro atoms. The number of carboxylic acids is 2. The lowest BCUT2D eigenvalue weighted by molar-refractivity contribution is 0.0652. The normalized spacial score (nSPS) is 10.1. The fraction of sp³-hybridized carbons (Fsp3) is 0.0769. The van der Waals surface area contributed by atoms with Gasteiger partial charge < -0.3 is 15.5 Å². The Hall–Kier alpha value is -2.34. The van der Waals surface area contributed by atoms with Crippen LogP contribution in [-0.4, -0.2) is 22.2 Å². The number of carbonyl (C=O) groups is 2. The molecular formula is C13H11NO4S. The second-order valence-corrected chi connectivity index (χ2v) is 4.80. The number of benzene rings is 1. The monoisotopic (exact) mass is 277 g/mol. The predicted molar refractivity (Wildman–Crippen MR) is 72.0 cm³/mol. The Morgan fingerprint density at radius 1 is 1.11 bits per heavy atom. The zero-order valence-corrected chi connectivity index (χ0v) is 10.6. The minimum Gasteiger partial charge on any atom is -0.478 e. The molecule has 0 atom stereocenters. The quantitative estimate of drug-likeness (QED) is 0.782. The Balaban J connectivity index is 2.31. The fourth-order valence-electron chi connectivity index (χ4n) is 1.70. The van der Waals surface area contributed by atoms with Crippen molar-refractivity contribution in [1.82, 2.24) is 0 Å². The zero-order valence-electron chi connectivity index (χ0n) is 9.79. The predicted octanol–water partition coefficient (Wildman–Crippen LogP) is 2.76. The van der Waals surface area contributed by atoms with Gasteiger partial charge >= 0.3 is 11.9 Å². The number of anilines is 1. The number of nitrogens with one attached hydrogen (secondary N) is 1. The van der Waals surface area contributed by atoms with E-state index in [0.717, 1.165) is 4.88 Å². The van der Waals surface area contributed by atoms with Crippen molar-refractivity contribution in [1.29, 1.82) is 0 Å². The molecule has 3 N–H and O–H groups in total. The molecule has 0 unspecified atom stereocenters. The van der Waals surface area contributed by atoms with Gasteiger partial charge in [-0.15, -0.1) is 11.3 Å². The van der Waals surface area contributed by atoms with Crippen molar-refractivity contribution < 1.29 is 19.8 Å². The summed E-state index contributed by atoms with van der Waals surface area (Å²) in [5.41, 5.74) is -0.129. The lowest BCUT2D eigenvalue weighted by Gasteiger charge is -2.10. The minimum atomic E-state index is -1.26. The van der Waals surface area contributed by atoms with Crippen molar-refractivity contribution in [3.8, 4) is 0 Å². The van der Waals surface area contributed by atoms with Crippen molar-refractivity contribution in [3.63, 3.8) is 0 Å². The standard InChI is InChI=1S/C13H11NO4S/c15-12(16)9-4-1-5-10(11(9)13(17)18)14-7-8-3-2-6-19-8/h1-6,14H,7H2,(H,15,16)(H,17,18). The van der Waals surface area contributed by atoms with Gasteiger partial charge in [-0.2, -0.15) is 0 Å². The maximum Gasteiger partial charge on any atom is 0.338 e. The van der Waals surface area contributed by atoms with E-state index in [4.69, 9.17) is 10.2 Å². The van der Waals surface area contributed by atoms with Crippen LogP contribution in [0.25, 0.3) is 0 Å². The van der Waals surface area contributed by atoms with Gasteiger partial charge in [0.2, 0.25) is 0 Å². The fourth-order valence-corrected chi connectivity index (χ4v) is 2.35. The third kappa shape index (κ3) is 2.92. The van der Waals surface area contributed by atoms with Crippen molar-refractivity contribution in [2.75, 3.05) is 5.32 Å². The van der Waals surface area contributed by atoms with Crippen LogP contribution in [0.15, 0.2) is 35.7 Å². The maximum atomic E-state index is 11.2. The smallest absolute Gasteiger partial charge is 0.338 e. The number of hydrogen-bond donors (Lipinski definition) is 3. The van der Waals surface area contributed by atoms with Gasteiger partial charge in [-0.3, -0.25) is 0 Å². The molecule has 0 bridgehead atoms. The van der Waals surface area contributed by atoms with Crippen LogP contribution in [-0.2, 0) is 6.54 Å². The third-order valence-corrected chi connectivity index (χ3v) is 3.42. The number of thiophene rings is 1. The second-order valence-electron chi connectivity index (χ2n) is 3.77. The van der Waals surface area contributed by atoms with Gasteiger partial charge in [-0.05, 0) is 23.6 Å². The molecule has 0 radical (unpaired) electrons. The molecule has 0 amide bonds. The second kappa shape index (κ2) is 5.53. The van der Waals surface area contributed by atoms with Crippen LogP contribution >= 0.6 is 11.3 Å². The summed E-state index contributed by atoms with van der Waals surface area (Å²) in [5.74, 6) is -2.51. The molecule has 0 aliphatic rings. The number of carboxylic acid groups (broad SMARTS) is 2. The molecule has 19 heavy (non-hydrogen) atoms. The van der Waals surface area contributed by atoms with Gasteiger partial charge in [0.1, 0.15) is 0 Å². The molecule has 1 aromatic heterocycles. The van der Waals surface area contributed by atoms with E-state index in [1.165, 1.54) is 12.1 Å². The first-order chi connectivity index (χ1) is 9.09. The first-order valence-electron chi connectivity index (χ1n) is 5.45. The SMILES string of the molecule is O=C(O)c1cccc(NCc2cccs2)c1C(=O)O. The Labute approximate surface area is 113 Å².